The van der Waals surface area contributed by atoms with Gasteiger partial charge in [0.15, 0.2) is 0 Å². The molecule has 1 aromatic heterocycles. The molecule has 2 aliphatic rings. The van der Waals surface area contributed by atoms with Crippen molar-refractivity contribution in [2.45, 2.75) is 57.0 Å². The number of nitrogens with one attached hydrogen (secondary N) is 1. The van der Waals surface area contributed by atoms with E-state index in [1.165, 1.54) is 22.2 Å². The molecule has 0 spiro atoms. The van der Waals surface area contributed by atoms with Gasteiger partial charge in [-0.1, -0.05) is 18.2 Å². The minimum Gasteiger partial charge on any atom is -0.380 e. The van der Waals surface area contributed by atoms with E-state index in [2.05, 4.69) is 36.2 Å². The zero-order chi connectivity index (χ0) is 16.7. The number of para-hydroxylation sites is 1. The molecule has 0 unspecified atom stereocenters. The van der Waals surface area contributed by atoms with Crippen molar-refractivity contribution in [3.63, 3.8) is 0 Å². The second-order valence-corrected chi connectivity index (χ2v) is 7.51. The molecule has 1 aromatic carbocycles. The van der Waals surface area contributed by atoms with E-state index in [0.29, 0.717) is 18.8 Å². The van der Waals surface area contributed by atoms with Crippen LogP contribution < -0.4 is 0 Å². The summed E-state index contributed by atoms with van der Waals surface area (Å²) in [6, 6.07) is 8.46. The molecule has 128 valence electrons. The van der Waals surface area contributed by atoms with E-state index in [9.17, 15) is 9.90 Å². The summed E-state index contributed by atoms with van der Waals surface area (Å²) >= 11 is 0. The number of aromatic nitrogens is 1. The topological polar surface area (TPSA) is 56.3 Å². The highest BCUT2D eigenvalue weighted by molar-refractivity contribution is 5.86. The number of hydrogen-bond acceptors (Lipinski definition) is 2. The zero-order valence-electron chi connectivity index (χ0n) is 14.3. The summed E-state index contributed by atoms with van der Waals surface area (Å²) in [7, 11) is 0. The van der Waals surface area contributed by atoms with Crippen molar-refractivity contribution in [2.75, 3.05) is 13.1 Å². The fourth-order valence-corrected chi connectivity index (χ4v) is 4.66. The molecule has 1 aliphatic carbocycles. The van der Waals surface area contributed by atoms with Crippen LogP contribution in [-0.2, 0) is 4.79 Å². The minimum atomic E-state index is -1.08. The Morgan fingerprint density at radius 1 is 1.21 bits per heavy atom. The van der Waals surface area contributed by atoms with Crippen LogP contribution in [0, 0.1) is 6.92 Å². The van der Waals surface area contributed by atoms with Gasteiger partial charge in [0.25, 0.3) is 5.91 Å². The minimum absolute atomic E-state index is 0.0332. The van der Waals surface area contributed by atoms with Gasteiger partial charge in [-0.2, -0.15) is 0 Å². The third-order valence-electron chi connectivity index (χ3n) is 5.96. The summed E-state index contributed by atoms with van der Waals surface area (Å²) in [5.41, 5.74) is 2.78. The van der Waals surface area contributed by atoms with Crippen LogP contribution in [-0.4, -0.2) is 39.6 Å². The maximum absolute atomic E-state index is 12.7. The summed E-state index contributed by atoms with van der Waals surface area (Å²) < 4.78 is 0. The van der Waals surface area contributed by atoms with Crippen molar-refractivity contribution >= 4 is 16.8 Å². The lowest BCUT2D eigenvalue weighted by Crippen LogP contribution is -2.49. The summed E-state index contributed by atoms with van der Waals surface area (Å²) in [5.74, 6) is 0.456. The van der Waals surface area contributed by atoms with Crippen molar-refractivity contribution < 1.29 is 9.90 Å². The number of hydrogen-bond donors (Lipinski definition) is 2. The molecule has 1 amide bonds. The van der Waals surface area contributed by atoms with Gasteiger partial charge in [0.05, 0.1) is 0 Å². The first kappa shape index (κ1) is 15.7. The van der Waals surface area contributed by atoms with Gasteiger partial charge < -0.3 is 15.0 Å². The number of likely N-dealkylation sites (tertiary alicyclic amines) is 1. The summed E-state index contributed by atoms with van der Waals surface area (Å²) in [5, 5.41) is 11.9. The smallest absolute Gasteiger partial charge is 0.254 e. The monoisotopic (exact) mass is 326 g/mol. The Morgan fingerprint density at radius 3 is 2.58 bits per heavy atom. The molecular weight excluding hydrogens is 300 g/mol. The van der Waals surface area contributed by atoms with Crippen LogP contribution in [0.2, 0.25) is 0 Å². The van der Waals surface area contributed by atoms with Gasteiger partial charge in [-0.3, -0.25) is 4.79 Å². The lowest BCUT2D eigenvalue weighted by Gasteiger charge is -2.36. The average Bonchev–Trinajstić information content (AvgIpc) is 3.18. The van der Waals surface area contributed by atoms with Gasteiger partial charge in [0.1, 0.15) is 5.60 Å². The van der Waals surface area contributed by atoms with E-state index in [1.54, 1.807) is 0 Å². The van der Waals surface area contributed by atoms with Gasteiger partial charge in [-0.25, -0.2) is 0 Å². The fraction of sp³-hybridized carbons (Fsp3) is 0.550. The fourth-order valence-electron chi connectivity index (χ4n) is 4.66. The number of amides is 1. The van der Waals surface area contributed by atoms with Crippen molar-refractivity contribution in [2.24, 2.45) is 0 Å². The lowest BCUT2D eigenvalue weighted by atomic mass is 9.86. The quantitative estimate of drug-likeness (QED) is 0.887. The van der Waals surface area contributed by atoms with Crippen molar-refractivity contribution in [1.82, 2.24) is 9.88 Å². The molecule has 24 heavy (non-hydrogen) atoms. The third kappa shape index (κ3) is 2.53. The highest BCUT2D eigenvalue weighted by Gasteiger charge is 2.42. The summed E-state index contributed by atoms with van der Waals surface area (Å²) in [4.78, 5) is 18.0. The van der Waals surface area contributed by atoms with Gasteiger partial charge in [-0.15, -0.1) is 0 Å². The van der Waals surface area contributed by atoms with Crippen LogP contribution in [0.3, 0.4) is 0 Å². The predicted octanol–water partition coefficient (Wildman–Crippen LogP) is 3.49. The molecule has 1 saturated carbocycles. The van der Waals surface area contributed by atoms with E-state index in [0.717, 1.165) is 38.8 Å². The number of carbonyl (C=O) groups is 1. The van der Waals surface area contributed by atoms with Crippen molar-refractivity contribution in [3.05, 3.63) is 35.5 Å². The maximum atomic E-state index is 12.7. The van der Waals surface area contributed by atoms with Gasteiger partial charge >= 0.3 is 0 Å². The second kappa shape index (κ2) is 5.92. The number of benzene rings is 1. The first-order valence-corrected chi connectivity index (χ1v) is 9.17. The van der Waals surface area contributed by atoms with E-state index in [1.807, 2.05) is 4.90 Å². The van der Waals surface area contributed by atoms with E-state index in [4.69, 9.17) is 0 Å². The first-order chi connectivity index (χ1) is 11.6. The Balaban J connectivity index is 1.50. The molecule has 4 heteroatoms. The normalized spacial score (nSPS) is 21.5. The Hall–Kier alpha value is -1.81. The molecule has 2 fully saturated rings. The van der Waals surface area contributed by atoms with Crippen LogP contribution >= 0.6 is 0 Å². The Labute approximate surface area is 142 Å². The Morgan fingerprint density at radius 2 is 1.88 bits per heavy atom. The average molecular weight is 326 g/mol. The van der Waals surface area contributed by atoms with Crippen LogP contribution in [0.4, 0.5) is 0 Å². The molecule has 1 saturated heterocycles. The van der Waals surface area contributed by atoms with Gasteiger partial charge in [0.2, 0.25) is 0 Å². The highest BCUT2D eigenvalue weighted by atomic mass is 16.3. The Kier molecular flexibility index (Phi) is 3.87. The number of piperidine rings is 1. The van der Waals surface area contributed by atoms with Crippen LogP contribution in [0.25, 0.3) is 10.9 Å². The third-order valence-corrected chi connectivity index (χ3v) is 5.96. The zero-order valence-corrected chi connectivity index (χ0v) is 14.3. The molecule has 2 aromatic rings. The number of aliphatic hydroxyl groups is 1. The van der Waals surface area contributed by atoms with Gasteiger partial charge in [0, 0.05) is 29.7 Å². The van der Waals surface area contributed by atoms with Crippen LogP contribution in [0.5, 0.6) is 0 Å². The maximum Gasteiger partial charge on any atom is 0.254 e. The van der Waals surface area contributed by atoms with Crippen molar-refractivity contribution in [1.29, 1.82) is 0 Å². The SMILES string of the molecule is Cc1[nH]c2ccccc2c1C1CCN(C(=O)C2(O)CCCC2)CC1. The first-order valence-electron chi connectivity index (χ1n) is 9.17. The van der Waals surface area contributed by atoms with E-state index < -0.39 is 5.60 Å². The number of aryl methyl sites for hydroxylation is 1. The number of nitrogens with zero attached hydrogens (tertiary/aromatic N) is 1. The van der Waals surface area contributed by atoms with E-state index in [-0.39, 0.29) is 5.91 Å². The largest absolute Gasteiger partial charge is 0.380 e. The molecule has 0 radical (unpaired) electrons. The molecule has 0 bridgehead atoms. The highest BCUT2D eigenvalue weighted by Crippen LogP contribution is 2.37. The van der Waals surface area contributed by atoms with Crippen LogP contribution in [0.15, 0.2) is 24.3 Å². The number of aromatic amines is 1. The van der Waals surface area contributed by atoms with Crippen molar-refractivity contribution in [3.8, 4) is 0 Å². The number of rotatable bonds is 2. The second-order valence-electron chi connectivity index (χ2n) is 7.51. The Bertz CT molecular complexity index is 750. The summed E-state index contributed by atoms with van der Waals surface area (Å²) in [6.45, 7) is 3.66. The van der Waals surface area contributed by atoms with E-state index >= 15 is 0 Å². The van der Waals surface area contributed by atoms with Gasteiger partial charge in [-0.05, 0) is 63.0 Å². The molecule has 2 N–H and O–H groups in total. The lowest BCUT2D eigenvalue weighted by molar-refractivity contribution is -0.151. The standard InChI is InChI=1S/C20H26N2O2/c1-14-18(16-6-2-3-7-17(16)21-14)15-8-12-22(13-9-15)19(23)20(24)10-4-5-11-20/h2-3,6-7,15,21,24H,4-5,8-13H2,1H3. The number of fused-ring (bicyclic) bond motifs is 1. The number of carbonyl (C=O) groups excluding carboxylic acids is 1. The molecular formula is C20H26N2O2. The summed E-state index contributed by atoms with van der Waals surface area (Å²) in [6.07, 6.45) is 5.15. The molecule has 1 aliphatic heterocycles. The van der Waals surface area contributed by atoms with Crippen LogP contribution in [0.1, 0.15) is 55.7 Å². The molecule has 0 atom stereocenters. The molecule has 4 rings (SSSR count). The molecule has 2 heterocycles. The molecule has 4 nitrogen and oxygen atoms in total. The predicted molar refractivity (Wildman–Crippen MR) is 95.0 cm³/mol. The number of H-pyrrole nitrogens is 1.